The van der Waals surface area contributed by atoms with E-state index in [1.807, 2.05) is 0 Å². The molecule has 1 atom stereocenters. The van der Waals surface area contributed by atoms with Gasteiger partial charge in [0.05, 0.1) is 22.8 Å². The molecule has 1 aliphatic carbocycles. The van der Waals surface area contributed by atoms with Gasteiger partial charge in [0.25, 0.3) is 0 Å². The van der Waals surface area contributed by atoms with Crippen molar-refractivity contribution in [3.05, 3.63) is 34.1 Å². The third-order valence-electron chi connectivity index (χ3n) is 6.36. The van der Waals surface area contributed by atoms with Crippen molar-refractivity contribution < 1.29 is 26.5 Å². The third kappa shape index (κ3) is 4.70. The maximum Gasteiger partial charge on any atom is 0.359 e. The lowest BCUT2D eigenvalue weighted by molar-refractivity contribution is 0.0746. The first-order valence-corrected chi connectivity index (χ1v) is 12.6. The standard InChI is InChI=1S/C22H28FN3O6S/c1-22(2)11-25(7-6-19(22)24)17-9-16-14(8-18(17)31-12-23)20(27)15(10-26(16)13-4-5-13)21(28)32-33(3,29)30/h8-10,13,19H,4-7,11-12,24H2,1-3H3. The number of fused-ring (bicyclic) bond motifs is 1. The summed E-state index contributed by atoms with van der Waals surface area (Å²) in [6.45, 7) is 4.31. The summed E-state index contributed by atoms with van der Waals surface area (Å²) in [6, 6.07) is 3.28. The van der Waals surface area contributed by atoms with Crippen LogP contribution in [0.15, 0.2) is 23.1 Å². The molecular weight excluding hydrogens is 453 g/mol. The van der Waals surface area contributed by atoms with E-state index in [2.05, 4.69) is 22.9 Å². The van der Waals surface area contributed by atoms with Crippen LogP contribution in [0.5, 0.6) is 5.75 Å². The molecule has 1 saturated carbocycles. The molecule has 4 rings (SSSR count). The van der Waals surface area contributed by atoms with Gasteiger partial charge in [-0.2, -0.15) is 8.42 Å². The lowest BCUT2D eigenvalue weighted by Gasteiger charge is -2.44. The summed E-state index contributed by atoms with van der Waals surface area (Å²) in [5.41, 5.74) is 6.19. The first kappa shape index (κ1) is 23.5. The van der Waals surface area contributed by atoms with Crippen molar-refractivity contribution in [1.82, 2.24) is 4.57 Å². The molecule has 1 saturated heterocycles. The van der Waals surface area contributed by atoms with E-state index in [4.69, 9.17) is 10.5 Å². The number of pyridine rings is 1. The number of rotatable bonds is 6. The van der Waals surface area contributed by atoms with Crippen molar-refractivity contribution in [1.29, 1.82) is 0 Å². The Hall–Kier alpha value is -2.66. The lowest BCUT2D eigenvalue weighted by Crippen LogP contribution is -2.52. The summed E-state index contributed by atoms with van der Waals surface area (Å²) in [5, 5.41) is 0.130. The molecule has 0 spiro atoms. The molecule has 2 aliphatic rings. The highest BCUT2D eigenvalue weighted by atomic mass is 32.2. The molecule has 1 aliphatic heterocycles. The second-order valence-corrected chi connectivity index (χ2v) is 11.1. The maximum atomic E-state index is 13.3. The van der Waals surface area contributed by atoms with Crippen LogP contribution in [-0.2, 0) is 14.3 Å². The van der Waals surface area contributed by atoms with Crippen LogP contribution in [0, 0.1) is 5.41 Å². The van der Waals surface area contributed by atoms with E-state index in [0.717, 1.165) is 25.5 Å². The van der Waals surface area contributed by atoms with Gasteiger partial charge in [-0.1, -0.05) is 13.8 Å². The number of nitrogens with zero attached hydrogens (tertiary/aromatic N) is 2. The molecule has 9 nitrogen and oxygen atoms in total. The molecule has 0 bridgehead atoms. The molecule has 2 N–H and O–H groups in total. The first-order chi connectivity index (χ1) is 15.4. The van der Waals surface area contributed by atoms with Crippen molar-refractivity contribution >= 4 is 32.7 Å². The van der Waals surface area contributed by atoms with Gasteiger partial charge in [0.15, 0.2) is 0 Å². The first-order valence-electron chi connectivity index (χ1n) is 10.8. The number of carbonyl (C=O) groups excluding carboxylic acids is 1. The summed E-state index contributed by atoms with van der Waals surface area (Å²) in [6.07, 6.45) is 4.53. The minimum Gasteiger partial charge on any atom is -0.461 e. The van der Waals surface area contributed by atoms with E-state index in [-0.39, 0.29) is 28.6 Å². The molecule has 0 radical (unpaired) electrons. The van der Waals surface area contributed by atoms with Gasteiger partial charge in [-0.05, 0) is 36.8 Å². The van der Waals surface area contributed by atoms with E-state index in [9.17, 15) is 22.4 Å². The van der Waals surface area contributed by atoms with Crippen LogP contribution in [0.25, 0.3) is 10.9 Å². The zero-order valence-corrected chi connectivity index (χ0v) is 19.7. The molecule has 2 aromatic rings. The van der Waals surface area contributed by atoms with Crippen molar-refractivity contribution in [2.75, 3.05) is 31.1 Å². The summed E-state index contributed by atoms with van der Waals surface area (Å²) >= 11 is 0. The minimum atomic E-state index is -4.10. The number of hydrogen-bond donors (Lipinski definition) is 1. The highest BCUT2D eigenvalue weighted by molar-refractivity contribution is 7.86. The minimum absolute atomic E-state index is 0.0211. The Bertz CT molecular complexity index is 1270. The number of halogens is 1. The van der Waals surface area contributed by atoms with Crippen LogP contribution in [0.4, 0.5) is 10.1 Å². The number of aromatic nitrogens is 1. The number of ether oxygens (including phenoxy) is 1. The zero-order chi connectivity index (χ0) is 24.1. The van der Waals surface area contributed by atoms with Crippen LogP contribution in [0.1, 0.15) is 49.5 Å². The molecule has 180 valence electrons. The number of alkyl halides is 1. The van der Waals surface area contributed by atoms with E-state index in [0.29, 0.717) is 24.3 Å². The van der Waals surface area contributed by atoms with Gasteiger partial charge in [0.1, 0.15) is 11.3 Å². The zero-order valence-electron chi connectivity index (χ0n) is 18.8. The van der Waals surface area contributed by atoms with Gasteiger partial charge in [-0.25, -0.2) is 9.18 Å². The average molecular weight is 482 g/mol. The van der Waals surface area contributed by atoms with E-state index < -0.39 is 33.9 Å². The SMILES string of the molecule is CC1(C)CN(c2cc3c(cc2OCF)c(=O)c(C(=O)OS(C)(=O)=O)cn3C2CC2)CCC1N. The van der Waals surface area contributed by atoms with Gasteiger partial charge in [0.2, 0.25) is 12.3 Å². The Balaban J connectivity index is 1.90. The molecule has 11 heteroatoms. The highest BCUT2D eigenvalue weighted by Crippen LogP contribution is 2.41. The van der Waals surface area contributed by atoms with E-state index in [1.54, 1.807) is 10.6 Å². The van der Waals surface area contributed by atoms with Gasteiger partial charge >= 0.3 is 16.1 Å². The molecule has 0 amide bonds. The summed E-state index contributed by atoms with van der Waals surface area (Å²) in [4.78, 5) is 27.6. The summed E-state index contributed by atoms with van der Waals surface area (Å²) in [5.74, 6) is -1.08. The van der Waals surface area contributed by atoms with E-state index in [1.165, 1.54) is 12.3 Å². The molecule has 33 heavy (non-hydrogen) atoms. The van der Waals surface area contributed by atoms with Crippen molar-refractivity contribution in [3.8, 4) is 5.75 Å². The lowest BCUT2D eigenvalue weighted by atomic mass is 9.79. The molecule has 2 heterocycles. The topological polar surface area (TPSA) is 121 Å². The summed E-state index contributed by atoms with van der Waals surface area (Å²) in [7, 11) is -4.10. The smallest absolute Gasteiger partial charge is 0.359 e. The Kier molecular flexibility index (Phi) is 5.90. The molecule has 1 unspecified atom stereocenters. The number of anilines is 1. The molecular formula is C22H28FN3O6S. The fraction of sp³-hybridized carbons (Fsp3) is 0.545. The van der Waals surface area contributed by atoms with Crippen LogP contribution in [-0.4, -0.2) is 51.2 Å². The third-order valence-corrected chi connectivity index (χ3v) is 6.82. The number of benzene rings is 1. The molecule has 1 aromatic heterocycles. The van der Waals surface area contributed by atoms with Crippen LogP contribution in [0.2, 0.25) is 0 Å². The number of hydrogen-bond acceptors (Lipinski definition) is 8. The van der Waals surface area contributed by atoms with Gasteiger partial charge < -0.3 is 24.1 Å². The van der Waals surface area contributed by atoms with Gasteiger partial charge in [-0.3, -0.25) is 4.79 Å². The Morgan fingerprint density at radius 2 is 1.97 bits per heavy atom. The van der Waals surface area contributed by atoms with Crippen LogP contribution in [0.3, 0.4) is 0 Å². The second kappa shape index (κ2) is 8.28. The average Bonchev–Trinajstić information content (AvgIpc) is 3.54. The predicted octanol–water partition coefficient (Wildman–Crippen LogP) is 2.32. The number of carbonyl (C=O) groups is 1. The Morgan fingerprint density at radius 1 is 1.27 bits per heavy atom. The number of nitrogens with two attached hydrogens (primary N) is 1. The Labute approximate surface area is 191 Å². The number of piperidine rings is 1. The normalized spacial score (nSPS) is 20.6. The van der Waals surface area contributed by atoms with E-state index >= 15 is 0 Å². The van der Waals surface area contributed by atoms with Gasteiger partial charge in [0, 0.05) is 31.4 Å². The maximum absolute atomic E-state index is 13.3. The molecule has 1 aromatic carbocycles. The van der Waals surface area contributed by atoms with Crippen LogP contribution >= 0.6 is 0 Å². The monoisotopic (exact) mass is 481 g/mol. The van der Waals surface area contributed by atoms with Crippen LogP contribution < -0.4 is 20.8 Å². The second-order valence-electron chi connectivity index (χ2n) is 9.48. The molecule has 2 fully saturated rings. The predicted molar refractivity (Wildman–Crippen MR) is 122 cm³/mol. The quantitative estimate of drug-likeness (QED) is 0.624. The van der Waals surface area contributed by atoms with Crippen molar-refractivity contribution in [3.63, 3.8) is 0 Å². The summed E-state index contributed by atoms with van der Waals surface area (Å²) < 4.78 is 47.6. The van der Waals surface area contributed by atoms with Crippen molar-refractivity contribution in [2.45, 2.75) is 45.2 Å². The van der Waals surface area contributed by atoms with Crippen molar-refractivity contribution in [2.24, 2.45) is 11.1 Å². The fourth-order valence-corrected chi connectivity index (χ4v) is 4.71. The highest BCUT2D eigenvalue weighted by Gasteiger charge is 2.35. The fourth-order valence-electron chi connectivity index (χ4n) is 4.35. The van der Waals surface area contributed by atoms with Gasteiger partial charge in [-0.15, -0.1) is 0 Å². The Morgan fingerprint density at radius 3 is 2.55 bits per heavy atom. The largest absolute Gasteiger partial charge is 0.461 e.